The Labute approximate surface area is 166 Å². The van der Waals surface area contributed by atoms with Crippen LogP contribution in [0.1, 0.15) is 18.9 Å². The van der Waals surface area contributed by atoms with Gasteiger partial charge in [-0.2, -0.15) is 10.1 Å². The average molecular weight is 404 g/mol. The average Bonchev–Trinajstić information content (AvgIpc) is 3.11. The van der Waals surface area contributed by atoms with Crippen molar-refractivity contribution in [3.05, 3.63) is 46.8 Å². The number of nitrogens with two attached hydrogens (primary N) is 1. The Hall–Kier alpha value is -2.35. The Morgan fingerprint density at radius 3 is 2.56 bits per heavy atom. The molecule has 9 heteroatoms. The molecule has 0 saturated carbocycles. The van der Waals surface area contributed by atoms with Crippen LogP contribution in [0.5, 0.6) is 0 Å². The van der Waals surface area contributed by atoms with Crippen molar-refractivity contribution in [2.45, 2.75) is 18.9 Å². The molecule has 0 aliphatic carbocycles. The van der Waals surface area contributed by atoms with Crippen LogP contribution in [0.2, 0.25) is 10.0 Å². The van der Waals surface area contributed by atoms with Crippen molar-refractivity contribution in [3.63, 3.8) is 0 Å². The first-order chi connectivity index (χ1) is 13.1. The second-order valence-corrected chi connectivity index (χ2v) is 7.34. The molecule has 0 unspecified atom stereocenters. The summed E-state index contributed by atoms with van der Waals surface area (Å²) in [5.41, 5.74) is 8.52. The smallest absolute Gasteiger partial charge is 0.229 e. The molecule has 1 aromatic carbocycles. The number of piperidine rings is 1. The highest BCUT2D eigenvalue weighted by Gasteiger charge is 2.17. The van der Waals surface area contributed by atoms with E-state index in [1.165, 1.54) is 0 Å². The lowest BCUT2D eigenvalue weighted by Crippen LogP contribution is -2.29. The predicted octanol–water partition coefficient (Wildman–Crippen LogP) is 3.90. The topological polar surface area (TPSA) is 93.7 Å². The summed E-state index contributed by atoms with van der Waals surface area (Å²) in [6.45, 7) is 2.03. The lowest BCUT2D eigenvalue weighted by atomic mass is 10.1. The molecule has 0 amide bonds. The highest BCUT2D eigenvalue weighted by molar-refractivity contribution is 6.35. The van der Waals surface area contributed by atoms with E-state index in [0.717, 1.165) is 37.1 Å². The lowest BCUT2D eigenvalue weighted by Gasteiger charge is -2.22. The van der Waals surface area contributed by atoms with Gasteiger partial charge in [0.25, 0.3) is 0 Å². The summed E-state index contributed by atoms with van der Waals surface area (Å²) in [7, 11) is 0. The van der Waals surface area contributed by atoms with Crippen LogP contribution < -0.4 is 16.4 Å². The van der Waals surface area contributed by atoms with Crippen molar-refractivity contribution >= 4 is 40.7 Å². The number of benzene rings is 1. The molecule has 0 radical (unpaired) electrons. The molecule has 1 aliphatic rings. The fourth-order valence-electron chi connectivity index (χ4n) is 3.18. The number of anilines is 3. The molecular formula is C18H19Cl2N7. The van der Waals surface area contributed by atoms with Gasteiger partial charge in [-0.15, -0.1) is 0 Å². The number of rotatable bonds is 4. The van der Waals surface area contributed by atoms with Crippen LogP contribution in [0.25, 0.3) is 11.1 Å². The van der Waals surface area contributed by atoms with Crippen molar-refractivity contribution in [3.8, 4) is 11.1 Å². The van der Waals surface area contributed by atoms with Gasteiger partial charge in [0.15, 0.2) is 0 Å². The third-order valence-corrected chi connectivity index (χ3v) is 4.97. The van der Waals surface area contributed by atoms with E-state index in [-0.39, 0.29) is 0 Å². The minimum atomic E-state index is 0.375. The summed E-state index contributed by atoms with van der Waals surface area (Å²) < 4.78 is 2.01. The summed E-state index contributed by atoms with van der Waals surface area (Å²) in [5.74, 6) is 0.755. The van der Waals surface area contributed by atoms with Crippen molar-refractivity contribution in [1.82, 2.24) is 25.1 Å². The van der Waals surface area contributed by atoms with Gasteiger partial charge in [0.05, 0.1) is 12.2 Å². The molecule has 0 atom stereocenters. The van der Waals surface area contributed by atoms with E-state index in [1.807, 2.05) is 10.9 Å². The summed E-state index contributed by atoms with van der Waals surface area (Å²) in [6, 6.07) is 5.55. The normalized spacial score (nSPS) is 15.0. The minimum absolute atomic E-state index is 0.375. The maximum Gasteiger partial charge on any atom is 0.229 e. The summed E-state index contributed by atoms with van der Waals surface area (Å²) in [6.07, 6.45) is 7.65. The first-order valence-corrected chi connectivity index (χ1v) is 9.45. The van der Waals surface area contributed by atoms with Gasteiger partial charge in [-0.05, 0) is 44.1 Å². The zero-order chi connectivity index (χ0) is 18.8. The van der Waals surface area contributed by atoms with E-state index in [9.17, 15) is 0 Å². The van der Waals surface area contributed by atoms with E-state index < -0.39 is 0 Å². The molecule has 3 heterocycles. The van der Waals surface area contributed by atoms with E-state index in [4.69, 9.17) is 28.9 Å². The second-order valence-electron chi connectivity index (χ2n) is 6.47. The van der Waals surface area contributed by atoms with Crippen molar-refractivity contribution in [2.75, 3.05) is 24.1 Å². The fourth-order valence-corrected chi connectivity index (χ4v) is 3.71. The number of hydrogen-bond donors (Lipinski definition) is 3. The minimum Gasteiger partial charge on any atom is -0.383 e. The molecule has 0 spiro atoms. The van der Waals surface area contributed by atoms with Gasteiger partial charge in [-0.3, -0.25) is 4.68 Å². The van der Waals surface area contributed by atoms with Gasteiger partial charge in [0, 0.05) is 39.3 Å². The highest BCUT2D eigenvalue weighted by Crippen LogP contribution is 2.28. The molecule has 4 N–H and O–H groups in total. The first kappa shape index (κ1) is 18.0. The van der Waals surface area contributed by atoms with Gasteiger partial charge in [0.1, 0.15) is 5.82 Å². The Morgan fingerprint density at radius 1 is 1.11 bits per heavy atom. The Morgan fingerprint density at radius 2 is 1.85 bits per heavy atom. The molecule has 2 aromatic heterocycles. The third kappa shape index (κ3) is 4.16. The number of hydrogen-bond acceptors (Lipinski definition) is 6. The van der Waals surface area contributed by atoms with E-state index in [0.29, 0.717) is 33.5 Å². The monoisotopic (exact) mass is 403 g/mol. The van der Waals surface area contributed by atoms with Crippen LogP contribution in [0, 0.1) is 0 Å². The van der Waals surface area contributed by atoms with Crippen molar-refractivity contribution in [2.24, 2.45) is 0 Å². The number of nitrogens with zero attached hydrogens (tertiary/aromatic N) is 4. The SMILES string of the molecule is Nc1nc(Nc2cc(Cl)cc(Cl)c2)ncc1-c1cnn(C2CCNCC2)c1. The maximum atomic E-state index is 6.16. The molecule has 1 aliphatic heterocycles. The summed E-state index contributed by atoms with van der Waals surface area (Å²) in [5, 5.41) is 12.0. The van der Waals surface area contributed by atoms with Crippen molar-refractivity contribution in [1.29, 1.82) is 0 Å². The Balaban J connectivity index is 1.54. The van der Waals surface area contributed by atoms with Crippen LogP contribution in [0.15, 0.2) is 36.8 Å². The number of halogens is 2. The molecule has 140 valence electrons. The molecule has 3 aromatic rings. The zero-order valence-electron chi connectivity index (χ0n) is 14.5. The fraction of sp³-hybridized carbons (Fsp3) is 0.278. The molecule has 1 fully saturated rings. The predicted molar refractivity (Wildman–Crippen MR) is 109 cm³/mol. The van der Waals surface area contributed by atoms with Crippen LogP contribution in [-0.4, -0.2) is 32.8 Å². The second kappa shape index (κ2) is 7.72. The van der Waals surface area contributed by atoms with E-state index in [1.54, 1.807) is 30.6 Å². The highest BCUT2D eigenvalue weighted by atomic mass is 35.5. The van der Waals surface area contributed by atoms with E-state index >= 15 is 0 Å². The number of nitrogens with one attached hydrogen (secondary N) is 2. The van der Waals surface area contributed by atoms with Gasteiger partial charge in [-0.25, -0.2) is 4.98 Å². The quantitative estimate of drug-likeness (QED) is 0.611. The number of aromatic nitrogens is 4. The van der Waals surface area contributed by atoms with Crippen LogP contribution in [-0.2, 0) is 0 Å². The van der Waals surface area contributed by atoms with Crippen molar-refractivity contribution < 1.29 is 0 Å². The van der Waals surface area contributed by atoms with Gasteiger partial charge in [0.2, 0.25) is 5.95 Å². The molecular weight excluding hydrogens is 385 g/mol. The molecule has 27 heavy (non-hydrogen) atoms. The Bertz CT molecular complexity index is 930. The van der Waals surface area contributed by atoms with Crippen LogP contribution >= 0.6 is 23.2 Å². The Kier molecular flexibility index (Phi) is 5.15. The van der Waals surface area contributed by atoms with Gasteiger partial charge < -0.3 is 16.4 Å². The maximum absolute atomic E-state index is 6.16. The van der Waals surface area contributed by atoms with E-state index in [2.05, 4.69) is 25.7 Å². The molecule has 7 nitrogen and oxygen atoms in total. The summed E-state index contributed by atoms with van der Waals surface area (Å²) >= 11 is 12.0. The zero-order valence-corrected chi connectivity index (χ0v) is 16.0. The third-order valence-electron chi connectivity index (χ3n) is 4.53. The largest absolute Gasteiger partial charge is 0.383 e. The molecule has 1 saturated heterocycles. The lowest BCUT2D eigenvalue weighted by molar-refractivity contribution is 0.343. The van der Waals surface area contributed by atoms with Crippen LogP contribution in [0.3, 0.4) is 0 Å². The molecule has 0 bridgehead atoms. The molecule has 4 rings (SSSR count). The van der Waals surface area contributed by atoms with Gasteiger partial charge in [-0.1, -0.05) is 23.2 Å². The van der Waals surface area contributed by atoms with Gasteiger partial charge >= 0.3 is 0 Å². The standard InChI is InChI=1S/C18H19Cl2N7/c19-12-5-13(20)7-14(6-12)25-18-23-9-16(17(21)26-18)11-8-24-27(10-11)15-1-3-22-4-2-15/h5-10,15,22H,1-4H2,(H3,21,23,25,26). The first-order valence-electron chi connectivity index (χ1n) is 8.69. The van der Waals surface area contributed by atoms with Crippen LogP contribution in [0.4, 0.5) is 17.5 Å². The summed E-state index contributed by atoms with van der Waals surface area (Å²) in [4.78, 5) is 8.71. The number of nitrogen functional groups attached to an aromatic ring is 1.